The summed E-state index contributed by atoms with van der Waals surface area (Å²) in [6.07, 6.45) is 0. The highest BCUT2D eigenvalue weighted by molar-refractivity contribution is 6.32. The second-order valence-electron chi connectivity index (χ2n) is 8.99. The zero-order valence-electron chi connectivity index (χ0n) is 19.6. The molecule has 2 saturated heterocycles. The second kappa shape index (κ2) is 10.0. The predicted octanol–water partition coefficient (Wildman–Crippen LogP) is 4.58. The maximum absolute atomic E-state index is 6.58. The average molecular weight is 493 g/mol. The van der Waals surface area contributed by atoms with Crippen LogP contribution in [0, 0.1) is 0 Å². The first-order valence-corrected chi connectivity index (χ1v) is 12.6. The van der Waals surface area contributed by atoms with Crippen molar-refractivity contribution in [1.29, 1.82) is 0 Å². The Morgan fingerprint density at radius 1 is 0.886 bits per heavy atom. The van der Waals surface area contributed by atoms with Gasteiger partial charge in [-0.1, -0.05) is 11.6 Å². The van der Waals surface area contributed by atoms with Crippen molar-refractivity contribution in [2.75, 3.05) is 70.7 Å². The first kappa shape index (κ1) is 22.6. The van der Waals surface area contributed by atoms with Crippen LogP contribution in [0.2, 0.25) is 5.02 Å². The van der Waals surface area contributed by atoms with Crippen LogP contribution in [0.25, 0.3) is 33.2 Å². The second-order valence-corrected chi connectivity index (χ2v) is 9.40. The van der Waals surface area contributed by atoms with Gasteiger partial charge in [0.15, 0.2) is 0 Å². The fourth-order valence-electron chi connectivity index (χ4n) is 4.82. The van der Waals surface area contributed by atoms with Crippen molar-refractivity contribution >= 4 is 39.2 Å². The van der Waals surface area contributed by atoms with Crippen LogP contribution in [0.1, 0.15) is 0 Å². The lowest BCUT2D eigenvalue weighted by Crippen LogP contribution is -2.38. The minimum atomic E-state index is 0.598. The molecule has 182 valence electrons. The molecule has 4 heterocycles. The first-order valence-electron chi connectivity index (χ1n) is 12.2. The third-order valence-corrected chi connectivity index (χ3v) is 7.09. The van der Waals surface area contributed by atoms with Crippen molar-refractivity contribution in [3.63, 3.8) is 0 Å². The maximum atomic E-state index is 6.58. The molecular weight excluding hydrogens is 464 g/mol. The molecule has 2 aromatic carbocycles. The van der Waals surface area contributed by atoms with Gasteiger partial charge in [0.2, 0.25) is 0 Å². The third-order valence-electron chi connectivity index (χ3n) is 6.80. The van der Waals surface area contributed by atoms with Crippen LogP contribution in [0.4, 0.5) is 5.69 Å². The normalized spacial score (nSPS) is 17.3. The Kier molecular flexibility index (Phi) is 6.48. The molecule has 2 aliphatic heterocycles. The Balaban J connectivity index is 1.21. The van der Waals surface area contributed by atoms with Crippen LogP contribution in [0.15, 0.2) is 48.5 Å². The molecule has 2 fully saturated rings. The molecule has 0 aliphatic carbocycles. The van der Waals surface area contributed by atoms with Gasteiger partial charge in [0.1, 0.15) is 12.4 Å². The summed E-state index contributed by atoms with van der Waals surface area (Å²) in [5, 5.41) is 1.72. The summed E-state index contributed by atoms with van der Waals surface area (Å²) >= 11 is 6.58. The number of nitrogens with zero attached hydrogens (tertiary/aromatic N) is 3. The van der Waals surface area contributed by atoms with Crippen molar-refractivity contribution in [1.82, 2.24) is 14.9 Å². The summed E-state index contributed by atoms with van der Waals surface area (Å²) in [6, 6.07) is 16.6. The van der Waals surface area contributed by atoms with Gasteiger partial charge in [-0.05, 0) is 48.5 Å². The van der Waals surface area contributed by atoms with Gasteiger partial charge in [0.25, 0.3) is 0 Å². The molecular formula is C27H29ClN4O3. The molecule has 0 saturated carbocycles. The fourth-order valence-corrected chi connectivity index (χ4v) is 5.05. The highest BCUT2D eigenvalue weighted by Crippen LogP contribution is 2.33. The van der Waals surface area contributed by atoms with E-state index in [1.165, 1.54) is 5.69 Å². The number of hydrogen-bond acceptors (Lipinski definition) is 6. The van der Waals surface area contributed by atoms with E-state index in [2.05, 4.69) is 39.0 Å². The number of anilines is 1. The van der Waals surface area contributed by atoms with Crippen LogP contribution < -0.4 is 9.64 Å². The van der Waals surface area contributed by atoms with Crippen molar-refractivity contribution in [2.45, 2.75) is 0 Å². The van der Waals surface area contributed by atoms with E-state index >= 15 is 0 Å². The maximum Gasteiger partial charge on any atom is 0.137 e. The Morgan fingerprint density at radius 3 is 2.49 bits per heavy atom. The number of benzene rings is 2. The molecule has 0 spiro atoms. The van der Waals surface area contributed by atoms with Gasteiger partial charge in [-0.25, -0.2) is 4.98 Å². The average Bonchev–Trinajstić information content (AvgIpc) is 3.28. The number of aromatic nitrogens is 2. The minimum absolute atomic E-state index is 0.598. The van der Waals surface area contributed by atoms with Gasteiger partial charge in [-0.15, -0.1) is 0 Å². The highest BCUT2D eigenvalue weighted by Gasteiger charge is 2.15. The number of H-pyrrole nitrogens is 1. The molecule has 35 heavy (non-hydrogen) atoms. The number of hydrogen-bond donors (Lipinski definition) is 1. The van der Waals surface area contributed by atoms with E-state index in [0.717, 1.165) is 92.3 Å². The summed E-state index contributed by atoms with van der Waals surface area (Å²) in [7, 11) is 0. The zero-order valence-corrected chi connectivity index (χ0v) is 20.4. The standard InChI is InChI=1S/C27H29ClN4O3/c28-22-17-19(1-6-26(22)35-16-9-31-7-12-33-13-8-31)23-4-5-24-27(30-23)21-3-2-20(18-25(21)29-24)32-10-14-34-15-11-32/h1-6,17-18,29H,7-16H2. The van der Waals surface area contributed by atoms with E-state index in [-0.39, 0.29) is 0 Å². The molecule has 2 aliphatic rings. The number of nitrogens with one attached hydrogen (secondary N) is 1. The van der Waals surface area contributed by atoms with Crippen LogP contribution >= 0.6 is 11.6 Å². The molecule has 7 nitrogen and oxygen atoms in total. The lowest BCUT2D eigenvalue weighted by atomic mass is 10.1. The molecule has 0 unspecified atom stereocenters. The fraction of sp³-hybridized carbons (Fsp3) is 0.370. The summed E-state index contributed by atoms with van der Waals surface area (Å²) in [4.78, 5) is 13.2. The number of aromatic amines is 1. The Bertz CT molecular complexity index is 1330. The smallest absolute Gasteiger partial charge is 0.137 e. The number of rotatable bonds is 6. The van der Waals surface area contributed by atoms with Crippen molar-refractivity contribution in [3.8, 4) is 17.0 Å². The van der Waals surface area contributed by atoms with Gasteiger partial charge in [0, 0.05) is 49.4 Å². The SMILES string of the molecule is Clc1cc(-c2ccc3[nH]c4cc(N5CCOCC5)ccc4c3n2)ccc1OCCN1CCOCC1. The molecule has 6 rings (SSSR count). The zero-order chi connectivity index (χ0) is 23.6. The van der Waals surface area contributed by atoms with Crippen molar-refractivity contribution in [2.24, 2.45) is 0 Å². The van der Waals surface area contributed by atoms with Gasteiger partial charge in [-0.2, -0.15) is 0 Å². The van der Waals surface area contributed by atoms with Gasteiger partial charge < -0.3 is 24.1 Å². The molecule has 0 atom stereocenters. The quantitative estimate of drug-likeness (QED) is 0.425. The summed E-state index contributed by atoms with van der Waals surface area (Å²) in [5.41, 5.74) is 6.15. The highest BCUT2D eigenvalue weighted by atomic mass is 35.5. The summed E-state index contributed by atoms with van der Waals surface area (Å²) in [6.45, 7) is 8.34. The molecule has 0 bridgehead atoms. The lowest BCUT2D eigenvalue weighted by molar-refractivity contribution is 0.0322. The minimum Gasteiger partial charge on any atom is -0.491 e. The van der Waals surface area contributed by atoms with Crippen LogP contribution in [0.3, 0.4) is 0 Å². The topological polar surface area (TPSA) is 62.9 Å². The van der Waals surface area contributed by atoms with Crippen LogP contribution in [0.5, 0.6) is 5.75 Å². The largest absolute Gasteiger partial charge is 0.491 e. The Hall–Kier alpha value is -2.84. The lowest BCUT2D eigenvalue weighted by Gasteiger charge is -2.28. The van der Waals surface area contributed by atoms with Gasteiger partial charge in [-0.3, -0.25) is 4.90 Å². The number of fused-ring (bicyclic) bond motifs is 3. The van der Waals surface area contributed by atoms with E-state index in [1.807, 2.05) is 24.3 Å². The number of ether oxygens (including phenoxy) is 3. The summed E-state index contributed by atoms with van der Waals surface area (Å²) < 4.78 is 16.8. The Morgan fingerprint density at radius 2 is 1.69 bits per heavy atom. The third kappa shape index (κ3) is 4.82. The van der Waals surface area contributed by atoms with E-state index in [1.54, 1.807) is 0 Å². The van der Waals surface area contributed by atoms with E-state index in [9.17, 15) is 0 Å². The Labute approximate surface area is 209 Å². The van der Waals surface area contributed by atoms with E-state index in [4.69, 9.17) is 30.8 Å². The van der Waals surface area contributed by atoms with Crippen LogP contribution in [-0.4, -0.2) is 80.6 Å². The number of morpholine rings is 2. The molecule has 8 heteroatoms. The molecule has 0 amide bonds. The molecule has 0 radical (unpaired) electrons. The van der Waals surface area contributed by atoms with Gasteiger partial charge in [0.05, 0.1) is 53.7 Å². The van der Waals surface area contributed by atoms with Gasteiger partial charge >= 0.3 is 0 Å². The predicted molar refractivity (Wildman–Crippen MR) is 140 cm³/mol. The molecule has 2 aromatic heterocycles. The summed E-state index contributed by atoms with van der Waals surface area (Å²) in [5.74, 6) is 0.701. The van der Waals surface area contributed by atoms with Crippen molar-refractivity contribution in [3.05, 3.63) is 53.6 Å². The molecule has 1 N–H and O–H groups in total. The monoisotopic (exact) mass is 492 g/mol. The van der Waals surface area contributed by atoms with Crippen LogP contribution in [-0.2, 0) is 9.47 Å². The first-order chi connectivity index (χ1) is 17.2. The van der Waals surface area contributed by atoms with E-state index in [0.29, 0.717) is 17.4 Å². The number of halogens is 1. The molecule has 4 aromatic rings. The van der Waals surface area contributed by atoms with E-state index < -0.39 is 0 Å². The van der Waals surface area contributed by atoms with Crippen molar-refractivity contribution < 1.29 is 14.2 Å². The number of pyridine rings is 1.